The van der Waals surface area contributed by atoms with Crippen molar-refractivity contribution in [3.05, 3.63) is 36.1 Å². The van der Waals surface area contributed by atoms with E-state index in [-0.39, 0.29) is 0 Å². The standard InChI is InChI=1S/C19H27NO/c1-13(2)16-9-8-14(3)10-18(16)20-11-15-12-21-19-7-5-4-6-17(15)19/h4-7,12-14,16,18,20H,8-11H2,1-3H3. The first kappa shape index (κ1) is 14.6. The Hall–Kier alpha value is -1.28. The summed E-state index contributed by atoms with van der Waals surface area (Å²) in [6.45, 7) is 8.03. The molecule has 2 aromatic rings. The normalized spacial score (nSPS) is 26.6. The second-order valence-electron chi connectivity index (χ2n) is 7.07. The molecule has 0 amide bonds. The summed E-state index contributed by atoms with van der Waals surface area (Å²) in [6.07, 6.45) is 5.96. The van der Waals surface area contributed by atoms with E-state index >= 15 is 0 Å². The van der Waals surface area contributed by atoms with Crippen LogP contribution in [0.15, 0.2) is 34.9 Å². The van der Waals surface area contributed by atoms with Crippen molar-refractivity contribution in [1.29, 1.82) is 0 Å². The summed E-state index contributed by atoms with van der Waals surface area (Å²) in [5.41, 5.74) is 2.28. The average Bonchev–Trinajstić information content (AvgIpc) is 2.88. The molecule has 2 nitrogen and oxygen atoms in total. The second-order valence-corrected chi connectivity index (χ2v) is 7.07. The molecular formula is C19H27NO. The molecule has 21 heavy (non-hydrogen) atoms. The van der Waals surface area contributed by atoms with Crippen molar-refractivity contribution in [3.8, 4) is 0 Å². The highest BCUT2D eigenvalue weighted by Crippen LogP contribution is 2.33. The molecule has 1 aromatic carbocycles. The number of hydrogen-bond acceptors (Lipinski definition) is 2. The van der Waals surface area contributed by atoms with Gasteiger partial charge in [0.15, 0.2) is 0 Å². The number of fused-ring (bicyclic) bond motifs is 1. The van der Waals surface area contributed by atoms with Crippen LogP contribution in [0, 0.1) is 17.8 Å². The first-order valence-electron chi connectivity index (χ1n) is 8.33. The molecule has 0 spiro atoms. The fourth-order valence-electron chi connectivity index (χ4n) is 3.85. The van der Waals surface area contributed by atoms with Crippen molar-refractivity contribution >= 4 is 11.0 Å². The Morgan fingerprint density at radius 2 is 2.05 bits per heavy atom. The maximum absolute atomic E-state index is 5.64. The maximum Gasteiger partial charge on any atom is 0.134 e. The lowest BCUT2D eigenvalue weighted by Gasteiger charge is -2.38. The van der Waals surface area contributed by atoms with Crippen LogP contribution in [0.2, 0.25) is 0 Å². The highest BCUT2D eigenvalue weighted by Gasteiger charge is 2.30. The summed E-state index contributed by atoms with van der Waals surface area (Å²) in [6, 6.07) is 8.95. The van der Waals surface area contributed by atoms with E-state index < -0.39 is 0 Å². The number of rotatable bonds is 4. The van der Waals surface area contributed by atoms with Crippen LogP contribution in [0.3, 0.4) is 0 Å². The first-order valence-corrected chi connectivity index (χ1v) is 8.33. The highest BCUT2D eigenvalue weighted by molar-refractivity contribution is 5.80. The van der Waals surface area contributed by atoms with Gasteiger partial charge in [-0.3, -0.25) is 0 Å². The zero-order chi connectivity index (χ0) is 14.8. The van der Waals surface area contributed by atoms with Gasteiger partial charge in [0.05, 0.1) is 6.26 Å². The van der Waals surface area contributed by atoms with Gasteiger partial charge in [-0.05, 0) is 36.7 Å². The van der Waals surface area contributed by atoms with E-state index in [1.54, 1.807) is 0 Å². The topological polar surface area (TPSA) is 25.2 Å². The number of benzene rings is 1. The van der Waals surface area contributed by atoms with Crippen LogP contribution in [0.25, 0.3) is 11.0 Å². The molecule has 1 heterocycles. The van der Waals surface area contributed by atoms with Crippen LogP contribution < -0.4 is 5.32 Å². The third-order valence-electron chi connectivity index (χ3n) is 5.14. The molecular weight excluding hydrogens is 258 g/mol. The molecule has 114 valence electrons. The van der Waals surface area contributed by atoms with E-state index in [0.29, 0.717) is 6.04 Å². The SMILES string of the molecule is CC1CCC(C(C)C)C(NCc2coc3ccccc23)C1. The monoisotopic (exact) mass is 285 g/mol. The lowest BCUT2D eigenvalue weighted by atomic mass is 9.74. The maximum atomic E-state index is 5.64. The van der Waals surface area contributed by atoms with Crippen molar-refractivity contribution in [2.45, 2.75) is 52.6 Å². The number of para-hydroxylation sites is 1. The van der Waals surface area contributed by atoms with Gasteiger partial charge in [0.1, 0.15) is 5.58 Å². The molecule has 3 unspecified atom stereocenters. The molecule has 3 rings (SSSR count). The zero-order valence-electron chi connectivity index (χ0n) is 13.4. The number of hydrogen-bond donors (Lipinski definition) is 1. The zero-order valence-corrected chi connectivity index (χ0v) is 13.4. The van der Waals surface area contributed by atoms with Crippen molar-refractivity contribution < 1.29 is 4.42 Å². The van der Waals surface area contributed by atoms with Crippen molar-refractivity contribution in [3.63, 3.8) is 0 Å². The van der Waals surface area contributed by atoms with Gasteiger partial charge in [0, 0.05) is 23.5 Å². The molecule has 0 radical (unpaired) electrons. The molecule has 3 atom stereocenters. The Balaban J connectivity index is 1.70. The predicted octanol–water partition coefficient (Wildman–Crippen LogP) is 4.98. The number of furan rings is 1. The summed E-state index contributed by atoms with van der Waals surface area (Å²) in [7, 11) is 0. The Labute approximate surface area is 127 Å². The quantitative estimate of drug-likeness (QED) is 0.856. The number of nitrogens with one attached hydrogen (secondary N) is 1. The minimum atomic E-state index is 0.641. The third kappa shape index (κ3) is 3.16. The van der Waals surface area contributed by atoms with Crippen LogP contribution in [0.5, 0.6) is 0 Å². The Kier molecular flexibility index (Phi) is 4.34. The second kappa shape index (κ2) is 6.23. The first-order chi connectivity index (χ1) is 10.1. The molecule has 1 saturated carbocycles. The van der Waals surface area contributed by atoms with Crippen LogP contribution in [-0.4, -0.2) is 6.04 Å². The molecule has 0 aliphatic heterocycles. The molecule has 2 heteroatoms. The molecule has 1 aliphatic rings. The van der Waals surface area contributed by atoms with Crippen molar-refractivity contribution in [2.24, 2.45) is 17.8 Å². The van der Waals surface area contributed by atoms with Gasteiger partial charge in [-0.15, -0.1) is 0 Å². The Morgan fingerprint density at radius 1 is 1.24 bits per heavy atom. The van der Waals surface area contributed by atoms with E-state index in [4.69, 9.17) is 4.42 Å². The molecule has 0 bridgehead atoms. The lowest BCUT2D eigenvalue weighted by Crippen LogP contribution is -2.42. The molecule has 1 fully saturated rings. The molecule has 1 aromatic heterocycles. The molecule has 1 N–H and O–H groups in total. The van der Waals surface area contributed by atoms with Crippen molar-refractivity contribution in [2.75, 3.05) is 0 Å². The van der Waals surface area contributed by atoms with Crippen LogP contribution in [0.1, 0.15) is 45.6 Å². The predicted molar refractivity (Wildman–Crippen MR) is 88.2 cm³/mol. The van der Waals surface area contributed by atoms with E-state index in [9.17, 15) is 0 Å². The highest BCUT2D eigenvalue weighted by atomic mass is 16.3. The minimum absolute atomic E-state index is 0.641. The summed E-state index contributed by atoms with van der Waals surface area (Å²) >= 11 is 0. The van der Waals surface area contributed by atoms with Gasteiger partial charge in [-0.1, -0.05) is 45.4 Å². The van der Waals surface area contributed by atoms with Gasteiger partial charge in [-0.2, -0.15) is 0 Å². The van der Waals surface area contributed by atoms with Gasteiger partial charge in [0.2, 0.25) is 0 Å². The lowest BCUT2D eigenvalue weighted by molar-refractivity contribution is 0.169. The molecule has 1 aliphatic carbocycles. The average molecular weight is 285 g/mol. The Bertz CT molecular complexity index is 586. The van der Waals surface area contributed by atoms with E-state index in [2.05, 4.69) is 38.2 Å². The largest absolute Gasteiger partial charge is 0.464 e. The fraction of sp³-hybridized carbons (Fsp3) is 0.579. The summed E-state index contributed by atoms with van der Waals surface area (Å²) in [5, 5.41) is 5.06. The van der Waals surface area contributed by atoms with Crippen molar-refractivity contribution in [1.82, 2.24) is 5.32 Å². The fourth-order valence-corrected chi connectivity index (χ4v) is 3.85. The van der Waals surface area contributed by atoms with Crippen LogP contribution in [-0.2, 0) is 6.54 Å². The van der Waals surface area contributed by atoms with Gasteiger partial charge >= 0.3 is 0 Å². The molecule has 0 saturated heterocycles. The summed E-state index contributed by atoms with van der Waals surface area (Å²) in [5.74, 6) is 2.41. The minimum Gasteiger partial charge on any atom is -0.464 e. The van der Waals surface area contributed by atoms with Gasteiger partial charge < -0.3 is 9.73 Å². The third-order valence-corrected chi connectivity index (χ3v) is 5.14. The van der Waals surface area contributed by atoms with Gasteiger partial charge in [-0.25, -0.2) is 0 Å². The van der Waals surface area contributed by atoms with Crippen LogP contribution in [0.4, 0.5) is 0 Å². The smallest absolute Gasteiger partial charge is 0.134 e. The summed E-state index contributed by atoms with van der Waals surface area (Å²) in [4.78, 5) is 0. The van der Waals surface area contributed by atoms with E-state index in [0.717, 1.165) is 29.9 Å². The summed E-state index contributed by atoms with van der Waals surface area (Å²) < 4.78 is 5.64. The van der Waals surface area contributed by atoms with E-state index in [1.165, 1.54) is 30.2 Å². The van der Waals surface area contributed by atoms with Crippen LogP contribution >= 0.6 is 0 Å². The van der Waals surface area contributed by atoms with E-state index in [1.807, 2.05) is 18.4 Å². The Morgan fingerprint density at radius 3 is 2.86 bits per heavy atom. The van der Waals surface area contributed by atoms with Gasteiger partial charge in [0.25, 0.3) is 0 Å².